The Morgan fingerprint density at radius 1 is 1.44 bits per heavy atom. The molecule has 0 saturated carbocycles. The maximum absolute atomic E-state index is 2.46. The fourth-order valence-corrected chi connectivity index (χ4v) is 5.56. The van der Waals surface area contributed by atoms with Gasteiger partial charge in [0.1, 0.15) is 0 Å². The molecular formula is C8H16I-. The standard InChI is InChI=1S/C8H16I/c1-7(2)8(3)4-5-9-6-8/h7H,4-6H2,1-3H3/q-1. The van der Waals surface area contributed by atoms with Crippen LogP contribution in [0.15, 0.2) is 0 Å². The van der Waals surface area contributed by atoms with Crippen molar-refractivity contribution in [3.05, 3.63) is 0 Å². The number of rotatable bonds is 1. The van der Waals surface area contributed by atoms with Crippen molar-refractivity contribution < 1.29 is 21.2 Å². The molecule has 0 spiro atoms. The second-order valence-corrected chi connectivity index (χ2v) is 6.49. The van der Waals surface area contributed by atoms with Gasteiger partial charge in [-0.2, -0.15) is 0 Å². The molecule has 1 heterocycles. The SMILES string of the molecule is CC(C)C1(C)CC[I-]C1. The van der Waals surface area contributed by atoms with Crippen LogP contribution in [0.5, 0.6) is 0 Å². The molecule has 1 rings (SSSR count). The zero-order valence-corrected chi connectivity index (χ0v) is 8.73. The minimum absolute atomic E-state index is 0.619. The second kappa shape index (κ2) is 2.77. The molecule has 56 valence electrons. The number of halogens is 1. The van der Waals surface area contributed by atoms with E-state index in [-0.39, 0.29) is 0 Å². The van der Waals surface area contributed by atoms with Gasteiger partial charge in [-0.15, -0.1) is 0 Å². The molecule has 0 aromatic heterocycles. The van der Waals surface area contributed by atoms with E-state index in [1.54, 1.807) is 8.86 Å². The first kappa shape index (κ1) is 7.83. The van der Waals surface area contributed by atoms with Crippen LogP contribution in [0, 0.1) is 11.3 Å². The maximum atomic E-state index is 2.46. The quantitative estimate of drug-likeness (QED) is 0.412. The van der Waals surface area contributed by atoms with Gasteiger partial charge in [-0.25, -0.2) is 0 Å². The molecule has 0 nitrogen and oxygen atoms in total. The minimum atomic E-state index is 0.619. The Hall–Kier alpha value is 0.730. The molecule has 1 aliphatic heterocycles. The monoisotopic (exact) mass is 239 g/mol. The summed E-state index contributed by atoms with van der Waals surface area (Å²) in [7, 11) is 0. The summed E-state index contributed by atoms with van der Waals surface area (Å²) in [5, 5.41) is 0. The Morgan fingerprint density at radius 3 is 2.33 bits per heavy atom. The van der Waals surface area contributed by atoms with Gasteiger partial charge < -0.3 is 0 Å². The average molecular weight is 239 g/mol. The van der Waals surface area contributed by atoms with Crippen molar-refractivity contribution >= 4 is 0 Å². The van der Waals surface area contributed by atoms with E-state index in [4.69, 9.17) is 0 Å². The molecule has 0 bridgehead atoms. The summed E-state index contributed by atoms with van der Waals surface area (Å²) in [5.74, 6) is 0.916. The fourth-order valence-electron chi connectivity index (χ4n) is 1.08. The van der Waals surface area contributed by atoms with Crippen LogP contribution in [-0.4, -0.2) is 8.86 Å². The fraction of sp³-hybridized carbons (Fsp3) is 1.00. The summed E-state index contributed by atoms with van der Waals surface area (Å²) < 4.78 is 3.15. The molecule has 1 heteroatoms. The predicted octanol–water partition coefficient (Wildman–Crippen LogP) is -0.859. The van der Waals surface area contributed by atoms with E-state index in [9.17, 15) is 0 Å². The molecule has 0 aromatic rings. The molecule has 0 radical (unpaired) electrons. The number of alkyl halides is 2. The van der Waals surface area contributed by atoms with Crippen LogP contribution < -0.4 is 21.2 Å². The van der Waals surface area contributed by atoms with E-state index >= 15 is 0 Å². The Bertz CT molecular complexity index is 90.7. The summed E-state index contributed by atoms with van der Waals surface area (Å²) >= 11 is 0.619. The van der Waals surface area contributed by atoms with Gasteiger partial charge >= 0.3 is 68.6 Å². The normalized spacial score (nSPS) is 36.9. The predicted molar refractivity (Wildman–Crippen MR) is 37.3 cm³/mol. The van der Waals surface area contributed by atoms with E-state index in [1.165, 1.54) is 6.42 Å². The van der Waals surface area contributed by atoms with Crippen molar-refractivity contribution in [2.24, 2.45) is 11.3 Å². The van der Waals surface area contributed by atoms with E-state index in [1.807, 2.05) is 0 Å². The van der Waals surface area contributed by atoms with Crippen molar-refractivity contribution in [2.75, 3.05) is 8.86 Å². The van der Waals surface area contributed by atoms with Gasteiger partial charge in [0, 0.05) is 0 Å². The van der Waals surface area contributed by atoms with E-state index in [0.717, 1.165) is 11.3 Å². The molecular weight excluding hydrogens is 223 g/mol. The molecule has 9 heavy (non-hydrogen) atoms. The molecule has 0 aliphatic carbocycles. The van der Waals surface area contributed by atoms with Crippen LogP contribution in [-0.2, 0) is 0 Å². The van der Waals surface area contributed by atoms with Crippen molar-refractivity contribution in [1.82, 2.24) is 0 Å². The summed E-state index contributed by atoms with van der Waals surface area (Å²) in [4.78, 5) is 0. The van der Waals surface area contributed by atoms with Crippen LogP contribution in [0.1, 0.15) is 27.2 Å². The second-order valence-electron chi connectivity index (χ2n) is 3.57. The third kappa shape index (κ3) is 1.60. The molecule has 1 atom stereocenters. The van der Waals surface area contributed by atoms with E-state index < -0.39 is 0 Å². The number of hydrogen-bond donors (Lipinski definition) is 0. The zero-order valence-electron chi connectivity index (χ0n) is 6.58. The van der Waals surface area contributed by atoms with Gasteiger partial charge in [-0.1, -0.05) is 0 Å². The van der Waals surface area contributed by atoms with Crippen molar-refractivity contribution in [3.63, 3.8) is 0 Å². The van der Waals surface area contributed by atoms with E-state index in [0.29, 0.717) is 21.2 Å². The Balaban J connectivity index is 2.51. The summed E-state index contributed by atoms with van der Waals surface area (Å²) in [6.45, 7) is 7.20. The molecule has 0 amide bonds. The van der Waals surface area contributed by atoms with Gasteiger partial charge in [-0.3, -0.25) is 0 Å². The van der Waals surface area contributed by atoms with Crippen molar-refractivity contribution in [1.29, 1.82) is 0 Å². The summed E-state index contributed by atoms with van der Waals surface area (Å²) in [6.07, 6.45) is 1.51. The van der Waals surface area contributed by atoms with Crippen LogP contribution in [0.25, 0.3) is 0 Å². The topological polar surface area (TPSA) is 0 Å². The van der Waals surface area contributed by atoms with Gasteiger partial charge in [-0.05, 0) is 0 Å². The van der Waals surface area contributed by atoms with Crippen LogP contribution in [0.2, 0.25) is 0 Å². The number of hydrogen-bond acceptors (Lipinski definition) is 0. The molecule has 0 N–H and O–H groups in total. The van der Waals surface area contributed by atoms with Crippen LogP contribution >= 0.6 is 0 Å². The summed E-state index contributed by atoms with van der Waals surface area (Å²) in [5.41, 5.74) is 0.743. The molecule has 1 fully saturated rings. The van der Waals surface area contributed by atoms with Gasteiger partial charge in [0.25, 0.3) is 0 Å². The van der Waals surface area contributed by atoms with Crippen LogP contribution in [0.4, 0.5) is 0 Å². The Kier molecular flexibility index (Phi) is 2.41. The zero-order chi connectivity index (χ0) is 6.91. The van der Waals surface area contributed by atoms with Crippen molar-refractivity contribution in [2.45, 2.75) is 27.2 Å². The third-order valence-corrected chi connectivity index (χ3v) is 6.18. The summed E-state index contributed by atoms with van der Waals surface area (Å²) in [6, 6.07) is 0. The molecule has 1 saturated heterocycles. The molecule has 1 unspecified atom stereocenters. The molecule has 0 aromatic carbocycles. The van der Waals surface area contributed by atoms with Crippen molar-refractivity contribution in [3.8, 4) is 0 Å². The van der Waals surface area contributed by atoms with Crippen LogP contribution in [0.3, 0.4) is 0 Å². The first-order chi connectivity index (χ1) is 4.15. The van der Waals surface area contributed by atoms with Gasteiger partial charge in [0.15, 0.2) is 0 Å². The Labute approximate surface area is 68.7 Å². The first-order valence-electron chi connectivity index (χ1n) is 3.69. The van der Waals surface area contributed by atoms with E-state index in [2.05, 4.69) is 20.8 Å². The third-order valence-electron chi connectivity index (χ3n) is 2.59. The average Bonchev–Trinajstić information content (AvgIpc) is 2.16. The van der Waals surface area contributed by atoms with Gasteiger partial charge in [0.05, 0.1) is 0 Å². The molecule has 1 aliphatic rings. The first-order valence-corrected chi connectivity index (χ1v) is 6.74. The van der Waals surface area contributed by atoms with Gasteiger partial charge in [0.2, 0.25) is 0 Å². The Morgan fingerprint density at radius 2 is 2.11 bits per heavy atom.